The summed E-state index contributed by atoms with van der Waals surface area (Å²) in [5, 5.41) is 2.52. The molecule has 0 bridgehead atoms. The third-order valence-electron chi connectivity index (χ3n) is 1.05. The summed E-state index contributed by atoms with van der Waals surface area (Å²) < 4.78 is 0. The van der Waals surface area contributed by atoms with E-state index in [1.54, 1.807) is 12.2 Å². The second kappa shape index (κ2) is 5.80. The van der Waals surface area contributed by atoms with Gasteiger partial charge in [-0.25, -0.2) is 0 Å². The Balaban J connectivity index is 4.32. The number of rotatable bonds is 5. The lowest BCUT2D eigenvalue weighted by Gasteiger charge is -2.04. The molecule has 0 radical (unpaired) electrons. The standard InChI is InChI=1S/C8H11NOS/c1-4-5-8(9-6-10)7(2)11-3/h4-6H,1-2H2,3H3,(H,9,10)/b8-5+. The van der Waals surface area contributed by atoms with Crippen molar-refractivity contribution in [3.05, 3.63) is 35.9 Å². The average Bonchev–Trinajstić information content (AvgIpc) is 2.03. The minimum absolute atomic E-state index is 0.622. The third-order valence-corrected chi connectivity index (χ3v) is 1.76. The van der Waals surface area contributed by atoms with E-state index < -0.39 is 0 Å². The number of carbonyl (C=O) groups excluding carboxylic acids is 1. The van der Waals surface area contributed by atoms with Gasteiger partial charge in [0.1, 0.15) is 0 Å². The first-order valence-electron chi connectivity index (χ1n) is 3.02. The van der Waals surface area contributed by atoms with Crippen LogP contribution in [0.3, 0.4) is 0 Å². The first-order chi connectivity index (χ1) is 5.26. The largest absolute Gasteiger partial charge is 0.328 e. The van der Waals surface area contributed by atoms with E-state index in [4.69, 9.17) is 0 Å². The molecule has 1 N–H and O–H groups in total. The van der Waals surface area contributed by atoms with E-state index in [0.29, 0.717) is 12.1 Å². The predicted octanol–water partition coefficient (Wildman–Crippen LogP) is 1.68. The van der Waals surface area contributed by atoms with Crippen LogP contribution in [-0.2, 0) is 4.79 Å². The molecule has 11 heavy (non-hydrogen) atoms. The summed E-state index contributed by atoms with van der Waals surface area (Å²) in [5.41, 5.74) is 0.697. The van der Waals surface area contributed by atoms with Gasteiger partial charge in [0.05, 0.1) is 5.70 Å². The Morgan fingerprint density at radius 1 is 1.64 bits per heavy atom. The van der Waals surface area contributed by atoms with Crippen molar-refractivity contribution in [3.63, 3.8) is 0 Å². The van der Waals surface area contributed by atoms with Crippen LogP contribution in [-0.4, -0.2) is 12.7 Å². The third kappa shape index (κ3) is 3.68. The number of nitrogens with one attached hydrogen (secondary N) is 1. The zero-order valence-corrected chi connectivity index (χ0v) is 7.28. The van der Waals surface area contributed by atoms with Crippen molar-refractivity contribution in [1.29, 1.82) is 0 Å². The number of thioether (sulfide) groups is 1. The van der Waals surface area contributed by atoms with Gasteiger partial charge in [0.2, 0.25) is 6.41 Å². The highest BCUT2D eigenvalue weighted by Crippen LogP contribution is 2.15. The molecule has 0 saturated carbocycles. The first kappa shape index (κ1) is 10.0. The molecule has 0 aromatic rings. The van der Waals surface area contributed by atoms with Crippen molar-refractivity contribution in [2.45, 2.75) is 0 Å². The van der Waals surface area contributed by atoms with Crippen molar-refractivity contribution in [2.24, 2.45) is 0 Å². The summed E-state index contributed by atoms with van der Waals surface area (Å²) in [6.07, 6.45) is 5.82. The van der Waals surface area contributed by atoms with Gasteiger partial charge in [0, 0.05) is 4.91 Å². The van der Waals surface area contributed by atoms with Crippen LogP contribution in [0.5, 0.6) is 0 Å². The number of allylic oxidation sites excluding steroid dienone is 2. The number of hydrogen-bond acceptors (Lipinski definition) is 2. The maximum absolute atomic E-state index is 10.1. The van der Waals surface area contributed by atoms with Crippen molar-refractivity contribution < 1.29 is 4.79 Å². The minimum atomic E-state index is 0.622. The highest BCUT2D eigenvalue weighted by molar-refractivity contribution is 8.02. The molecular formula is C8H11NOS. The lowest BCUT2D eigenvalue weighted by Crippen LogP contribution is -2.10. The monoisotopic (exact) mass is 169 g/mol. The molecule has 0 spiro atoms. The van der Waals surface area contributed by atoms with E-state index in [9.17, 15) is 4.79 Å². The average molecular weight is 169 g/mol. The second-order valence-corrected chi connectivity index (χ2v) is 2.61. The SMILES string of the molecule is C=C/C=C(/NC=O)C(=C)SC. The number of amides is 1. The molecule has 1 amide bonds. The van der Waals surface area contributed by atoms with Gasteiger partial charge in [-0.05, 0) is 12.3 Å². The van der Waals surface area contributed by atoms with Gasteiger partial charge < -0.3 is 5.32 Å². The van der Waals surface area contributed by atoms with E-state index in [0.717, 1.165) is 4.91 Å². The van der Waals surface area contributed by atoms with Crippen molar-refractivity contribution in [2.75, 3.05) is 6.26 Å². The van der Waals surface area contributed by atoms with E-state index in [2.05, 4.69) is 18.5 Å². The normalized spacial score (nSPS) is 10.5. The summed E-state index contributed by atoms with van der Waals surface area (Å²) in [6, 6.07) is 0. The van der Waals surface area contributed by atoms with Gasteiger partial charge in [-0.2, -0.15) is 0 Å². The Hall–Kier alpha value is -0.960. The molecule has 0 aliphatic heterocycles. The van der Waals surface area contributed by atoms with E-state index >= 15 is 0 Å². The van der Waals surface area contributed by atoms with Crippen LogP contribution in [0.4, 0.5) is 0 Å². The predicted molar refractivity (Wildman–Crippen MR) is 50.1 cm³/mol. The molecule has 3 heteroatoms. The molecule has 0 atom stereocenters. The smallest absolute Gasteiger partial charge is 0.211 e. The zero-order valence-electron chi connectivity index (χ0n) is 6.46. The molecule has 0 aromatic carbocycles. The molecule has 0 aromatic heterocycles. The summed E-state index contributed by atoms with van der Waals surface area (Å²) in [7, 11) is 0. The van der Waals surface area contributed by atoms with Crippen molar-refractivity contribution >= 4 is 18.2 Å². The molecule has 2 nitrogen and oxygen atoms in total. The number of carbonyl (C=O) groups is 1. The highest BCUT2D eigenvalue weighted by Gasteiger charge is 1.96. The summed E-state index contributed by atoms with van der Waals surface area (Å²) in [5.74, 6) is 0. The van der Waals surface area contributed by atoms with Crippen LogP contribution in [0.15, 0.2) is 35.9 Å². The summed E-state index contributed by atoms with van der Waals surface area (Å²) in [6.45, 7) is 7.25. The summed E-state index contributed by atoms with van der Waals surface area (Å²) in [4.78, 5) is 10.9. The second-order valence-electron chi connectivity index (χ2n) is 1.71. The van der Waals surface area contributed by atoms with Gasteiger partial charge in [0.15, 0.2) is 0 Å². The molecule has 0 unspecified atom stereocenters. The summed E-state index contributed by atoms with van der Waals surface area (Å²) >= 11 is 1.48. The Morgan fingerprint density at radius 3 is 2.64 bits per heavy atom. The van der Waals surface area contributed by atoms with E-state index in [1.165, 1.54) is 11.8 Å². The van der Waals surface area contributed by atoms with E-state index in [1.807, 2.05) is 6.26 Å². The van der Waals surface area contributed by atoms with Crippen molar-refractivity contribution in [1.82, 2.24) is 5.32 Å². The fourth-order valence-electron chi connectivity index (χ4n) is 0.513. The molecule has 0 fully saturated rings. The lowest BCUT2D eigenvalue weighted by molar-refractivity contribution is -0.108. The molecule has 0 heterocycles. The van der Waals surface area contributed by atoms with Crippen molar-refractivity contribution in [3.8, 4) is 0 Å². The van der Waals surface area contributed by atoms with Gasteiger partial charge in [0.25, 0.3) is 0 Å². The van der Waals surface area contributed by atoms with Gasteiger partial charge in [-0.3, -0.25) is 4.79 Å². The number of hydrogen-bond donors (Lipinski definition) is 1. The van der Waals surface area contributed by atoms with Crippen LogP contribution >= 0.6 is 11.8 Å². The van der Waals surface area contributed by atoms with Crippen LogP contribution in [0, 0.1) is 0 Å². The molecule has 60 valence electrons. The van der Waals surface area contributed by atoms with Crippen LogP contribution in [0.25, 0.3) is 0 Å². The Labute approximate surface area is 71.1 Å². The van der Waals surface area contributed by atoms with Crippen LogP contribution < -0.4 is 5.32 Å². The first-order valence-corrected chi connectivity index (χ1v) is 4.25. The lowest BCUT2D eigenvalue weighted by atomic mass is 10.4. The maximum atomic E-state index is 10.1. The quantitative estimate of drug-likeness (QED) is 0.501. The Morgan fingerprint density at radius 2 is 2.27 bits per heavy atom. The molecule has 0 saturated heterocycles. The molecular weight excluding hydrogens is 158 g/mol. The fraction of sp³-hybridized carbons (Fsp3) is 0.125. The zero-order chi connectivity index (χ0) is 8.69. The molecule has 0 aliphatic carbocycles. The van der Waals surface area contributed by atoms with Gasteiger partial charge in [-0.1, -0.05) is 19.2 Å². The Bertz CT molecular complexity index is 196. The molecule has 0 rings (SSSR count). The van der Waals surface area contributed by atoms with Gasteiger partial charge in [-0.15, -0.1) is 11.8 Å². The van der Waals surface area contributed by atoms with Gasteiger partial charge >= 0.3 is 0 Å². The van der Waals surface area contributed by atoms with Crippen LogP contribution in [0.1, 0.15) is 0 Å². The molecule has 0 aliphatic rings. The maximum Gasteiger partial charge on any atom is 0.211 e. The topological polar surface area (TPSA) is 29.1 Å². The van der Waals surface area contributed by atoms with Crippen LogP contribution in [0.2, 0.25) is 0 Å². The van der Waals surface area contributed by atoms with E-state index in [-0.39, 0.29) is 0 Å². The minimum Gasteiger partial charge on any atom is -0.328 e. The fourth-order valence-corrected chi connectivity index (χ4v) is 0.860. The Kier molecular flexibility index (Phi) is 5.29. The highest BCUT2D eigenvalue weighted by atomic mass is 32.2.